The molecule has 28 heavy (non-hydrogen) atoms. The molecule has 1 aromatic rings. The van der Waals surface area contributed by atoms with Crippen LogP contribution in [0.25, 0.3) is 0 Å². The molecule has 2 saturated heterocycles. The maximum Gasteiger partial charge on any atom is 0.338 e. The summed E-state index contributed by atoms with van der Waals surface area (Å²) in [5.74, 6) is -0.465. The molecule has 1 aromatic carbocycles. The summed E-state index contributed by atoms with van der Waals surface area (Å²) in [7, 11) is 0. The fourth-order valence-electron chi connectivity index (χ4n) is 3.92. The van der Waals surface area contributed by atoms with Gasteiger partial charge in [-0.1, -0.05) is 6.92 Å². The minimum Gasteiger partial charge on any atom is -0.452 e. The lowest BCUT2D eigenvalue weighted by Crippen LogP contribution is -2.38. The Balaban J connectivity index is 1.67. The van der Waals surface area contributed by atoms with Crippen LogP contribution in [0.4, 0.5) is 11.4 Å². The second-order valence-corrected chi connectivity index (χ2v) is 7.67. The summed E-state index contributed by atoms with van der Waals surface area (Å²) in [4.78, 5) is 39.2. The highest BCUT2D eigenvalue weighted by Crippen LogP contribution is 2.32. The summed E-state index contributed by atoms with van der Waals surface area (Å²) in [5, 5.41) is 11.6. The Morgan fingerprint density at radius 1 is 1.18 bits per heavy atom. The number of benzene rings is 1. The number of amides is 1. The molecule has 0 spiro atoms. The molecule has 0 aliphatic carbocycles. The zero-order valence-corrected chi connectivity index (χ0v) is 16.3. The van der Waals surface area contributed by atoms with Gasteiger partial charge in [0.2, 0.25) is 0 Å². The molecule has 0 saturated carbocycles. The van der Waals surface area contributed by atoms with Crippen LogP contribution in [0.2, 0.25) is 0 Å². The van der Waals surface area contributed by atoms with Gasteiger partial charge in [-0.25, -0.2) is 4.79 Å². The van der Waals surface area contributed by atoms with Gasteiger partial charge in [0.1, 0.15) is 5.69 Å². The first kappa shape index (κ1) is 20.1. The Bertz CT molecular complexity index is 745. The number of esters is 1. The van der Waals surface area contributed by atoms with Crippen molar-refractivity contribution in [1.82, 2.24) is 4.90 Å². The molecule has 0 aromatic heterocycles. The Kier molecular flexibility index (Phi) is 6.49. The third kappa shape index (κ3) is 4.79. The lowest BCUT2D eigenvalue weighted by atomic mass is 9.99. The number of rotatable bonds is 5. The van der Waals surface area contributed by atoms with E-state index in [1.165, 1.54) is 12.1 Å². The molecule has 2 aliphatic rings. The highest BCUT2D eigenvalue weighted by molar-refractivity contribution is 5.93. The zero-order valence-electron chi connectivity index (χ0n) is 16.3. The van der Waals surface area contributed by atoms with Crippen LogP contribution in [0.5, 0.6) is 0 Å². The molecule has 3 rings (SSSR count). The first-order valence-electron chi connectivity index (χ1n) is 9.94. The number of nitrogens with zero attached hydrogens (tertiary/aromatic N) is 3. The SMILES string of the molecule is CC1CCCN(c2ccc(C(=O)OCC(=O)N3CCCCC3)cc2[N+](=O)[O-])C1. The predicted octanol–water partition coefficient (Wildman–Crippen LogP) is 3.00. The number of carbonyl (C=O) groups is 2. The molecule has 0 bridgehead atoms. The van der Waals surface area contributed by atoms with Crippen molar-refractivity contribution in [3.63, 3.8) is 0 Å². The van der Waals surface area contributed by atoms with Gasteiger partial charge in [0.05, 0.1) is 10.5 Å². The summed E-state index contributed by atoms with van der Waals surface area (Å²) in [6, 6.07) is 4.40. The van der Waals surface area contributed by atoms with Crippen LogP contribution in [0.15, 0.2) is 18.2 Å². The van der Waals surface area contributed by atoms with E-state index in [9.17, 15) is 19.7 Å². The lowest BCUT2D eigenvalue weighted by Gasteiger charge is -2.32. The van der Waals surface area contributed by atoms with E-state index in [2.05, 4.69) is 6.92 Å². The van der Waals surface area contributed by atoms with Gasteiger partial charge in [-0.15, -0.1) is 0 Å². The topological polar surface area (TPSA) is 93.0 Å². The third-order valence-electron chi connectivity index (χ3n) is 5.44. The van der Waals surface area contributed by atoms with Crippen LogP contribution < -0.4 is 4.90 Å². The van der Waals surface area contributed by atoms with Gasteiger partial charge in [0.25, 0.3) is 11.6 Å². The molecule has 0 N–H and O–H groups in total. The van der Waals surface area contributed by atoms with Crippen molar-refractivity contribution in [3.8, 4) is 0 Å². The van der Waals surface area contributed by atoms with Crippen LogP contribution in [0.3, 0.4) is 0 Å². The molecule has 2 fully saturated rings. The molecule has 2 aliphatic heterocycles. The van der Waals surface area contributed by atoms with Crippen molar-refractivity contribution in [2.24, 2.45) is 5.92 Å². The van der Waals surface area contributed by atoms with Crippen molar-refractivity contribution >= 4 is 23.3 Å². The highest BCUT2D eigenvalue weighted by Gasteiger charge is 2.26. The summed E-state index contributed by atoms with van der Waals surface area (Å²) < 4.78 is 5.11. The van der Waals surface area contributed by atoms with Crippen molar-refractivity contribution in [2.75, 3.05) is 37.7 Å². The monoisotopic (exact) mass is 389 g/mol. The molecule has 2 heterocycles. The lowest BCUT2D eigenvalue weighted by molar-refractivity contribution is -0.384. The summed E-state index contributed by atoms with van der Waals surface area (Å²) >= 11 is 0. The predicted molar refractivity (Wildman–Crippen MR) is 104 cm³/mol. The van der Waals surface area contributed by atoms with Gasteiger partial charge in [0.15, 0.2) is 6.61 Å². The number of likely N-dealkylation sites (tertiary alicyclic amines) is 1. The fraction of sp³-hybridized carbons (Fsp3) is 0.600. The number of hydrogen-bond acceptors (Lipinski definition) is 6. The van der Waals surface area contributed by atoms with Gasteiger partial charge in [0, 0.05) is 32.2 Å². The van der Waals surface area contributed by atoms with Crippen LogP contribution >= 0.6 is 0 Å². The Morgan fingerprint density at radius 3 is 2.61 bits per heavy atom. The van der Waals surface area contributed by atoms with Crippen LogP contribution in [0.1, 0.15) is 49.4 Å². The first-order valence-corrected chi connectivity index (χ1v) is 9.94. The maximum atomic E-state index is 12.3. The Labute approximate surface area is 164 Å². The molecular weight excluding hydrogens is 362 g/mol. The normalized spacial score (nSPS) is 20.0. The molecule has 8 heteroatoms. The first-order chi connectivity index (χ1) is 13.5. The van der Waals surface area contributed by atoms with Gasteiger partial charge >= 0.3 is 5.97 Å². The van der Waals surface area contributed by atoms with E-state index >= 15 is 0 Å². The average Bonchev–Trinajstić information content (AvgIpc) is 2.72. The smallest absolute Gasteiger partial charge is 0.338 e. The van der Waals surface area contributed by atoms with Gasteiger partial charge in [-0.2, -0.15) is 0 Å². The summed E-state index contributed by atoms with van der Waals surface area (Å²) in [5.41, 5.74) is 0.510. The molecule has 1 atom stereocenters. The van der Waals surface area contributed by atoms with Crippen molar-refractivity contribution in [1.29, 1.82) is 0 Å². The van der Waals surface area contributed by atoms with Crippen molar-refractivity contribution in [3.05, 3.63) is 33.9 Å². The number of nitro groups is 1. The zero-order chi connectivity index (χ0) is 20.1. The second kappa shape index (κ2) is 9.03. The Hall–Kier alpha value is -2.64. The quantitative estimate of drug-likeness (QED) is 0.437. The van der Waals surface area contributed by atoms with Crippen LogP contribution in [-0.2, 0) is 9.53 Å². The summed E-state index contributed by atoms with van der Waals surface area (Å²) in [6.45, 7) is 4.69. The standard InChI is InChI=1S/C20H27N3O5/c1-15-6-5-11-22(13-15)17-8-7-16(12-18(17)23(26)27)20(25)28-14-19(24)21-9-3-2-4-10-21/h7-8,12,15H,2-6,9-11,13-14H2,1H3. The van der Waals surface area contributed by atoms with Crippen molar-refractivity contribution in [2.45, 2.75) is 39.0 Å². The van der Waals surface area contributed by atoms with Gasteiger partial charge in [-0.05, 0) is 50.2 Å². The van der Waals surface area contributed by atoms with Gasteiger partial charge < -0.3 is 14.5 Å². The highest BCUT2D eigenvalue weighted by atomic mass is 16.6. The van der Waals surface area contributed by atoms with E-state index in [1.54, 1.807) is 11.0 Å². The number of ether oxygens (including phenoxy) is 1. The van der Waals surface area contributed by atoms with Crippen molar-refractivity contribution < 1.29 is 19.2 Å². The van der Waals surface area contributed by atoms with E-state index < -0.39 is 10.9 Å². The van der Waals surface area contributed by atoms with E-state index in [1.807, 2.05) is 4.90 Å². The van der Waals surface area contributed by atoms with E-state index in [-0.39, 0.29) is 23.8 Å². The second-order valence-electron chi connectivity index (χ2n) is 7.67. The molecule has 1 unspecified atom stereocenters. The number of anilines is 1. The van der Waals surface area contributed by atoms with E-state index in [4.69, 9.17) is 4.74 Å². The average molecular weight is 389 g/mol. The largest absolute Gasteiger partial charge is 0.452 e. The Morgan fingerprint density at radius 2 is 1.93 bits per heavy atom. The molecule has 8 nitrogen and oxygen atoms in total. The molecule has 0 radical (unpaired) electrons. The number of nitro benzene ring substituents is 1. The van der Waals surface area contributed by atoms with Gasteiger partial charge in [-0.3, -0.25) is 14.9 Å². The minimum absolute atomic E-state index is 0.0898. The van der Waals surface area contributed by atoms with E-state index in [0.29, 0.717) is 24.7 Å². The number of hydrogen-bond donors (Lipinski definition) is 0. The van der Waals surface area contributed by atoms with Crippen LogP contribution in [-0.4, -0.2) is 54.5 Å². The molecular formula is C20H27N3O5. The molecule has 152 valence electrons. The van der Waals surface area contributed by atoms with Crippen LogP contribution in [0, 0.1) is 16.0 Å². The number of piperidine rings is 2. The van der Waals surface area contributed by atoms with E-state index in [0.717, 1.165) is 45.2 Å². The minimum atomic E-state index is -0.716. The third-order valence-corrected chi connectivity index (χ3v) is 5.44. The fourth-order valence-corrected chi connectivity index (χ4v) is 3.92. The number of carbonyl (C=O) groups excluding carboxylic acids is 2. The molecule has 1 amide bonds. The maximum absolute atomic E-state index is 12.3. The summed E-state index contributed by atoms with van der Waals surface area (Å²) in [6.07, 6.45) is 5.13.